The van der Waals surface area contributed by atoms with Gasteiger partial charge < -0.3 is 0 Å². The minimum atomic E-state index is -0.294. The maximum Gasteiger partial charge on any atom is 0.119 e. The maximum absolute atomic E-state index is 12.4. The van der Waals surface area contributed by atoms with Crippen molar-refractivity contribution in [3.8, 4) is 0 Å². The second-order valence-electron chi connectivity index (χ2n) is 2.24. The van der Waals surface area contributed by atoms with Crippen LogP contribution in [0.5, 0.6) is 0 Å². The van der Waals surface area contributed by atoms with Crippen LogP contribution in [0.2, 0.25) is 0 Å². The van der Waals surface area contributed by atoms with E-state index >= 15 is 0 Å². The van der Waals surface area contributed by atoms with Gasteiger partial charge in [0, 0.05) is 0 Å². The van der Waals surface area contributed by atoms with Gasteiger partial charge in [0.15, 0.2) is 0 Å². The van der Waals surface area contributed by atoms with Gasteiger partial charge in [-0.15, -0.1) is 13.2 Å². The smallest absolute Gasteiger partial charge is 0.119 e. The summed E-state index contributed by atoms with van der Waals surface area (Å²) in [7, 11) is 0. The van der Waals surface area contributed by atoms with E-state index in [1.807, 2.05) is 20.8 Å². The Morgan fingerprint density at radius 1 is 1.27 bits per heavy atom. The first-order valence-corrected chi connectivity index (χ1v) is 3.60. The lowest BCUT2D eigenvalue weighted by Gasteiger charge is -2.00. The molecule has 0 aromatic rings. The lowest BCUT2D eigenvalue weighted by molar-refractivity contribution is 0.644. The van der Waals surface area contributed by atoms with Crippen LogP contribution in [0.25, 0.3) is 0 Å². The van der Waals surface area contributed by atoms with Crippen molar-refractivity contribution in [3.05, 3.63) is 36.7 Å². The summed E-state index contributed by atoms with van der Waals surface area (Å²) >= 11 is 0. The molecule has 0 aliphatic carbocycles. The third kappa shape index (κ3) is 5.59. The van der Waals surface area contributed by atoms with Crippen molar-refractivity contribution in [1.82, 2.24) is 0 Å². The predicted molar refractivity (Wildman–Crippen MR) is 50.2 cm³/mol. The van der Waals surface area contributed by atoms with E-state index in [1.165, 1.54) is 0 Å². The van der Waals surface area contributed by atoms with Crippen LogP contribution >= 0.6 is 0 Å². The zero-order chi connectivity index (χ0) is 9.44. The molecule has 0 aromatic heterocycles. The number of halogens is 1. The first kappa shape index (κ1) is 12.8. The average molecular weight is 156 g/mol. The third-order valence-corrected chi connectivity index (χ3v) is 1.28. The standard InChI is InChI=1S/C8H13F.C2H4/c1-5-8(6(2)3)7(4)9;1-2/h4-5H2,1-3H3;1-2H2. The molecule has 0 atom stereocenters. The summed E-state index contributed by atoms with van der Waals surface area (Å²) in [5.74, 6) is -0.294. The summed E-state index contributed by atoms with van der Waals surface area (Å²) in [6.07, 6.45) is 0.734. The highest BCUT2D eigenvalue weighted by molar-refractivity contribution is 5.26. The van der Waals surface area contributed by atoms with E-state index in [0.717, 1.165) is 17.6 Å². The topological polar surface area (TPSA) is 0 Å². The minimum absolute atomic E-state index is 0.294. The summed E-state index contributed by atoms with van der Waals surface area (Å²) in [6.45, 7) is 14.9. The van der Waals surface area contributed by atoms with Crippen molar-refractivity contribution in [2.75, 3.05) is 0 Å². The van der Waals surface area contributed by atoms with Crippen molar-refractivity contribution in [2.24, 2.45) is 0 Å². The zero-order valence-electron chi connectivity index (χ0n) is 7.71. The second kappa shape index (κ2) is 7.26. The van der Waals surface area contributed by atoms with Gasteiger partial charge in [0.05, 0.1) is 0 Å². The van der Waals surface area contributed by atoms with Gasteiger partial charge in [-0.25, -0.2) is 4.39 Å². The molecule has 0 bridgehead atoms. The molecular formula is C10H17F. The maximum atomic E-state index is 12.4. The molecule has 0 saturated heterocycles. The highest BCUT2D eigenvalue weighted by atomic mass is 19.1. The Morgan fingerprint density at radius 3 is 1.64 bits per heavy atom. The Labute approximate surface area is 69.1 Å². The molecule has 0 N–H and O–H groups in total. The van der Waals surface area contributed by atoms with E-state index in [2.05, 4.69) is 19.7 Å². The largest absolute Gasteiger partial charge is 0.207 e. The van der Waals surface area contributed by atoms with E-state index in [0.29, 0.717) is 0 Å². The minimum Gasteiger partial charge on any atom is -0.207 e. The molecule has 0 aliphatic heterocycles. The van der Waals surface area contributed by atoms with Crippen LogP contribution in [0, 0.1) is 0 Å². The van der Waals surface area contributed by atoms with Crippen LogP contribution in [0.4, 0.5) is 4.39 Å². The molecule has 11 heavy (non-hydrogen) atoms. The summed E-state index contributed by atoms with van der Waals surface area (Å²) < 4.78 is 12.4. The Hall–Kier alpha value is -0.850. The van der Waals surface area contributed by atoms with Crippen LogP contribution in [-0.2, 0) is 0 Å². The molecule has 64 valence electrons. The van der Waals surface area contributed by atoms with Gasteiger partial charge in [0.25, 0.3) is 0 Å². The predicted octanol–water partition coefficient (Wildman–Crippen LogP) is 4.02. The van der Waals surface area contributed by atoms with Gasteiger partial charge in [-0.1, -0.05) is 19.1 Å². The van der Waals surface area contributed by atoms with Crippen molar-refractivity contribution in [2.45, 2.75) is 27.2 Å². The summed E-state index contributed by atoms with van der Waals surface area (Å²) in [5, 5.41) is 0. The van der Waals surface area contributed by atoms with Crippen molar-refractivity contribution in [3.63, 3.8) is 0 Å². The van der Waals surface area contributed by atoms with Gasteiger partial charge in [0.1, 0.15) is 5.83 Å². The Bertz CT molecular complexity index is 150. The highest BCUT2D eigenvalue weighted by Crippen LogP contribution is 2.16. The summed E-state index contributed by atoms with van der Waals surface area (Å²) in [6, 6.07) is 0. The molecule has 0 aliphatic rings. The van der Waals surface area contributed by atoms with Crippen molar-refractivity contribution < 1.29 is 4.39 Å². The molecule has 0 amide bonds. The van der Waals surface area contributed by atoms with Gasteiger partial charge in [-0.05, 0) is 25.8 Å². The van der Waals surface area contributed by atoms with Gasteiger partial charge in [-0.2, -0.15) is 0 Å². The summed E-state index contributed by atoms with van der Waals surface area (Å²) in [4.78, 5) is 0. The van der Waals surface area contributed by atoms with Gasteiger partial charge in [0.2, 0.25) is 0 Å². The van der Waals surface area contributed by atoms with E-state index in [1.54, 1.807) is 0 Å². The van der Waals surface area contributed by atoms with Crippen LogP contribution in [-0.4, -0.2) is 0 Å². The SMILES string of the molecule is C=C.C=C(F)C(CC)=C(C)C. The first-order chi connectivity index (χ1) is 5.09. The Balaban J connectivity index is 0. The van der Waals surface area contributed by atoms with Crippen LogP contribution in [0.15, 0.2) is 36.7 Å². The quantitative estimate of drug-likeness (QED) is 0.418. The van der Waals surface area contributed by atoms with Gasteiger partial charge >= 0.3 is 0 Å². The summed E-state index contributed by atoms with van der Waals surface area (Å²) in [5.41, 5.74) is 1.76. The van der Waals surface area contributed by atoms with E-state index in [-0.39, 0.29) is 5.83 Å². The normalized spacial score (nSPS) is 7.64. The number of hydrogen-bond acceptors (Lipinski definition) is 0. The lowest BCUT2D eigenvalue weighted by atomic mass is 10.1. The number of allylic oxidation sites excluding steroid dienone is 3. The molecule has 0 heterocycles. The number of rotatable bonds is 2. The third-order valence-electron chi connectivity index (χ3n) is 1.28. The molecular weight excluding hydrogens is 139 g/mol. The fraction of sp³-hybridized carbons (Fsp3) is 0.400. The molecule has 1 heteroatoms. The van der Waals surface area contributed by atoms with Crippen LogP contribution < -0.4 is 0 Å². The first-order valence-electron chi connectivity index (χ1n) is 3.60. The van der Waals surface area contributed by atoms with E-state index < -0.39 is 0 Å². The number of hydrogen-bond donors (Lipinski definition) is 0. The Kier molecular flexibility index (Phi) is 8.44. The van der Waals surface area contributed by atoms with Crippen LogP contribution in [0.3, 0.4) is 0 Å². The van der Waals surface area contributed by atoms with E-state index in [9.17, 15) is 4.39 Å². The molecule has 0 radical (unpaired) electrons. The molecule has 0 nitrogen and oxygen atoms in total. The fourth-order valence-electron chi connectivity index (χ4n) is 0.817. The second-order valence-corrected chi connectivity index (χ2v) is 2.24. The molecule has 0 rings (SSSR count). The lowest BCUT2D eigenvalue weighted by Crippen LogP contribution is -1.82. The van der Waals surface area contributed by atoms with Crippen LogP contribution in [0.1, 0.15) is 27.2 Å². The molecule has 0 fully saturated rings. The molecule has 0 saturated carbocycles. The fourth-order valence-corrected chi connectivity index (χ4v) is 0.817. The Morgan fingerprint density at radius 2 is 1.64 bits per heavy atom. The average Bonchev–Trinajstić information content (AvgIpc) is 1.91. The molecule has 0 unspecified atom stereocenters. The van der Waals surface area contributed by atoms with Gasteiger partial charge in [-0.3, -0.25) is 0 Å². The zero-order valence-corrected chi connectivity index (χ0v) is 7.71. The molecule has 0 aromatic carbocycles. The monoisotopic (exact) mass is 156 g/mol. The van der Waals surface area contributed by atoms with Crippen molar-refractivity contribution >= 4 is 0 Å². The molecule has 0 spiro atoms. The van der Waals surface area contributed by atoms with E-state index in [4.69, 9.17) is 0 Å². The highest BCUT2D eigenvalue weighted by Gasteiger charge is 1.98. The van der Waals surface area contributed by atoms with Crippen molar-refractivity contribution in [1.29, 1.82) is 0 Å².